The SMILES string of the molecule is Cc1cc(Br)ccc1NC(=O)CNC(=O)CN(C)CC(=O)Nc1c(C)cccc1C. The molecule has 0 aromatic heterocycles. The van der Waals surface area contributed by atoms with Crippen molar-refractivity contribution in [2.24, 2.45) is 0 Å². The number of para-hydroxylation sites is 1. The fraction of sp³-hybridized carbons (Fsp3) is 0.318. The Kier molecular flexibility index (Phi) is 8.56. The number of amides is 3. The average molecular weight is 475 g/mol. The third kappa shape index (κ3) is 7.27. The zero-order valence-electron chi connectivity index (χ0n) is 17.6. The topological polar surface area (TPSA) is 90.5 Å². The van der Waals surface area contributed by atoms with Crippen molar-refractivity contribution >= 4 is 45.0 Å². The summed E-state index contributed by atoms with van der Waals surface area (Å²) in [4.78, 5) is 38.0. The minimum atomic E-state index is -0.333. The van der Waals surface area contributed by atoms with Gasteiger partial charge in [0, 0.05) is 15.8 Å². The first-order valence-corrected chi connectivity index (χ1v) is 10.3. The third-order valence-electron chi connectivity index (χ3n) is 4.48. The lowest BCUT2D eigenvalue weighted by Crippen LogP contribution is -2.41. The molecule has 2 aromatic carbocycles. The Labute approximate surface area is 185 Å². The molecule has 0 atom stereocenters. The molecule has 3 amide bonds. The van der Waals surface area contributed by atoms with Crippen LogP contribution < -0.4 is 16.0 Å². The molecule has 0 saturated heterocycles. The van der Waals surface area contributed by atoms with E-state index in [2.05, 4.69) is 31.9 Å². The number of halogens is 1. The minimum Gasteiger partial charge on any atom is -0.346 e. The maximum absolute atomic E-state index is 12.3. The van der Waals surface area contributed by atoms with Gasteiger partial charge in [0.05, 0.1) is 19.6 Å². The molecular weight excluding hydrogens is 448 g/mol. The first-order chi connectivity index (χ1) is 14.2. The standard InChI is InChI=1S/C22H27BrN4O3/c1-14-6-5-7-15(2)22(14)26-21(30)13-27(4)12-20(29)24-11-19(28)25-18-9-8-17(23)10-16(18)3/h5-10H,11-13H2,1-4H3,(H,24,29)(H,25,28)(H,26,30). The fourth-order valence-corrected chi connectivity index (χ4v) is 3.41. The van der Waals surface area contributed by atoms with Gasteiger partial charge in [0.2, 0.25) is 17.7 Å². The van der Waals surface area contributed by atoms with Gasteiger partial charge in [-0.2, -0.15) is 0 Å². The summed E-state index contributed by atoms with van der Waals surface area (Å²) in [6, 6.07) is 11.3. The van der Waals surface area contributed by atoms with Gasteiger partial charge in [-0.3, -0.25) is 19.3 Å². The molecule has 0 spiro atoms. The highest BCUT2D eigenvalue weighted by atomic mass is 79.9. The van der Waals surface area contributed by atoms with E-state index in [9.17, 15) is 14.4 Å². The predicted molar refractivity (Wildman–Crippen MR) is 123 cm³/mol. The van der Waals surface area contributed by atoms with Crippen LogP contribution in [0.1, 0.15) is 16.7 Å². The molecular formula is C22H27BrN4O3. The second-order valence-electron chi connectivity index (χ2n) is 7.27. The van der Waals surface area contributed by atoms with Gasteiger partial charge in [-0.15, -0.1) is 0 Å². The number of benzene rings is 2. The first kappa shape index (κ1) is 23.6. The quantitative estimate of drug-likeness (QED) is 0.548. The molecule has 0 unspecified atom stereocenters. The van der Waals surface area contributed by atoms with Crippen molar-refractivity contribution in [3.05, 3.63) is 57.6 Å². The van der Waals surface area contributed by atoms with E-state index in [4.69, 9.17) is 0 Å². The Hall–Kier alpha value is -2.71. The monoisotopic (exact) mass is 474 g/mol. The Morgan fingerprint density at radius 2 is 1.50 bits per heavy atom. The molecule has 3 N–H and O–H groups in total. The molecule has 160 valence electrons. The van der Waals surface area contributed by atoms with Crippen molar-refractivity contribution in [2.75, 3.05) is 37.3 Å². The summed E-state index contributed by atoms with van der Waals surface area (Å²) >= 11 is 3.37. The lowest BCUT2D eigenvalue weighted by Gasteiger charge is -2.17. The van der Waals surface area contributed by atoms with Crippen LogP contribution in [0.2, 0.25) is 0 Å². The van der Waals surface area contributed by atoms with E-state index in [0.717, 1.165) is 26.9 Å². The molecule has 0 heterocycles. The van der Waals surface area contributed by atoms with Crippen molar-refractivity contribution in [2.45, 2.75) is 20.8 Å². The van der Waals surface area contributed by atoms with Crippen molar-refractivity contribution < 1.29 is 14.4 Å². The fourth-order valence-electron chi connectivity index (χ4n) is 2.93. The molecule has 0 saturated carbocycles. The van der Waals surface area contributed by atoms with Crippen LogP contribution in [0.4, 0.5) is 11.4 Å². The number of likely N-dealkylation sites (N-methyl/N-ethyl adjacent to an activating group) is 1. The van der Waals surface area contributed by atoms with Crippen LogP contribution in [0, 0.1) is 20.8 Å². The van der Waals surface area contributed by atoms with Crippen molar-refractivity contribution in [3.8, 4) is 0 Å². The molecule has 8 heteroatoms. The van der Waals surface area contributed by atoms with Crippen LogP contribution in [0.15, 0.2) is 40.9 Å². The van der Waals surface area contributed by atoms with E-state index >= 15 is 0 Å². The number of carbonyl (C=O) groups is 3. The van der Waals surface area contributed by atoms with E-state index < -0.39 is 0 Å². The van der Waals surface area contributed by atoms with Crippen molar-refractivity contribution in [1.82, 2.24) is 10.2 Å². The van der Waals surface area contributed by atoms with E-state index in [-0.39, 0.29) is 37.4 Å². The summed E-state index contributed by atoms with van der Waals surface area (Å²) in [5, 5.41) is 8.23. The molecule has 0 aliphatic carbocycles. The molecule has 2 rings (SSSR count). The Morgan fingerprint density at radius 3 is 2.13 bits per heavy atom. The zero-order valence-corrected chi connectivity index (χ0v) is 19.2. The number of aryl methyl sites for hydroxylation is 3. The van der Waals surface area contributed by atoms with Crippen LogP contribution in [0.3, 0.4) is 0 Å². The van der Waals surface area contributed by atoms with Crippen molar-refractivity contribution in [3.63, 3.8) is 0 Å². The maximum atomic E-state index is 12.3. The molecule has 0 bridgehead atoms. The lowest BCUT2D eigenvalue weighted by molar-refractivity contribution is -0.125. The normalized spacial score (nSPS) is 10.6. The zero-order chi connectivity index (χ0) is 22.3. The van der Waals surface area contributed by atoms with Crippen LogP contribution in [0.25, 0.3) is 0 Å². The Morgan fingerprint density at radius 1 is 0.867 bits per heavy atom. The van der Waals surface area contributed by atoms with Gasteiger partial charge in [0.1, 0.15) is 0 Å². The third-order valence-corrected chi connectivity index (χ3v) is 4.97. The van der Waals surface area contributed by atoms with Gasteiger partial charge in [0.15, 0.2) is 0 Å². The van der Waals surface area contributed by atoms with E-state index in [1.165, 1.54) is 0 Å². The van der Waals surface area contributed by atoms with Crippen LogP contribution in [0.5, 0.6) is 0 Å². The highest BCUT2D eigenvalue weighted by Crippen LogP contribution is 2.20. The highest BCUT2D eigenvalue weighted by Gasteiger charge is 2.14. The second-order valence-corrected chi connectivity index (χ2v) is 8.19. The summed E-state index contributed by atoms with van der Waals surface area (Å²) in [6.45, 7) is 5.67. The van der Waals surface area contributed by atoms with Gasteiger partial charge in [0.25, 0.3) is 0 Å². The smallest absolute Gasteiger partial charge is 0.243 e. The predicted octanol–water partition coefficient (Wildman–Crippen LogP) is 3.00. The molecule has 0 fully saturated rings. The number of anilines is 2. The first-order valence-electron chi connectivity index (χ1n) is 9.53. The highest BCUT2D eigenvalue weighted by molar-refractivity contribution is 9.10. The van der Waals surface area contributed by atoms with Crippen LogP contribution >= 0.6 is 15.9 Å². The Bertz CT molecular complexity index is 926. The average Bonchev–Trinajstić information content (AvgIpc) is 2.65. The van der Waals surface area contributed by atoms with Gasteiger partial charge >= 0.3 is 0 Å². The lowest BCUT2D eigenvalue weighted by atomic mass is 10.1. The molecule has 2 aromatic rings. The van der Waals surface area contributed by atoms with Crippen LogP contribution in [-0.4, -0.2) is 49.3 Å². The summed E-state index contributed by atoms with van der Waals surface area (Å²) in [7, 11) is 1.68. The molecule has 0 aliphatic rings. The summed E-state index contributed by atoms with van der Waals surface area (Å²) < 4.78 is 0.927. The van der Waals surface area contributed by atoms with Crippen molar-refractivity contribution in [1.29, 1.82) is 0 Å². The van der Waals surface area contributed by atoms with Gasteiger partial charge in [-0.1, -0.05) is 34.1 Å². The second kappa shape index (κ2) is 10.9. The maximum Gasteiger partial charge on any atom is 0.243 e. The number of nitrogens with one attached hydrogen (secondary N) is 3. The number of hydrogen-bond acceptors (Lipinski definition) is 4. The van der Waals surface area contributed by atoms with Gasteiger partial charge in [-0.05, 0) is 62.7 Å². The minimum absolute atomic E-state index is 0.00473. The summed E-state index contributed by atoms with van der Waals surface area (Å²) in [5.74, 6) is -0.851. The van der Waals surface area contributed by atoms with Gasteiger partial charge < -0.3 is 16.0 Å². The van der Waals surface area contributed by atoms with E-state index in [0.29, 0.717) is 5.69 Å². The van der Waals surface area contributed by atoms with Crippen LogP contribution in [-0.2, 0) is 14.4 Å². The molecule has 30 heavy (non-hydrogen) atoms. The van der Waals surface area contributed by atoms with E-state index in [1.54, 1.807) is 18.0 Å². The summed E-state index contributed by atoms with van der Waals surface area (Å²) in [6.07, 6.45) is 0. The van der Waals surface area contributed by atoms with Gasteiger partial charge in [-0.25, -0.2) is 0 Å². The number of nitrogens with zero attached hydrogens (tertiary/aromatic N) is 1. The molecule has 0 radical (unpaired) electrons. The number of hydrogen-bond donors (Lipinski definition) is 3. The van der Waals surface area contributed by atoms with E-state index in [1.807, 2.05) is 51.1 Å². The largest absolute Gasteiger partial charge is 0.346 e. The molecule has 7 nitrogen and oxygen atoms in total. The molecule has 0 aliphatic heterocycles. The Balaban J connectivity index is 1.76. The summed E-state index contributed by atoms with van der Waals surface area (Å²) in [5.41, 5.74) is 4.36. The number of rotatable bonds is 8. The number of carbonyl (C=O) groups excluding carboxylic acids is 3.